The molecule has 0 aromatic rings. The Bertz CT molecular complexity index is 314. The van der Waals surface area contributed by atoms with Crippen LogP contribution < -0.4 is 0 Å². The summed E-state index contributed by atoms with van der Waals surface area (Å²) >= 11 is 0. The molecule has 0 aromatic heterocycles. The number of unbranched alkanes of at least 4 members (excludes halogenated alkanes) is 17. The Hall–Kier alpha value is -0.530. The van der Waals surface area contributed by atoms with Crippen molar-refractivity contribution in [1.82, 2.24) is 0 Å². The summed E-state index contributed by atoms with van der Waals surface area (Å²) in [6.45, 7) is 4.54. The Morgan fingerprint density at radius 3 is 1.11 bits per heavy atom. The highest BCUT2D eigenvalue weighted by Crippen LogP contribution is 2.22. The summed E-state index contributed by atoms with van der Waals surface area (Å²) in [4.78, 5) is 11.2. The first-order valence-corrected chi connectivity index (χ1v) is 12.9. The molecular weight excluding hydrogens is 344 g/mol. The number of rotatable bonds is 23. The van der Waals surface area contributed by atoms with Crippen LogP contribution in [0.1, 0.15) is 155 Å². The highest BCUT2D eigenvalue weighted by atomic mass is 16.4. The minimum Gasteiger partial charge on any atom is -0.481 e. The van der Waals surface area contributed by atoms with Crippen LogP contribution in [-0.2, 0) is 4.79 Å². The summed E-state index contributed by atoms with van der Waals surface area (Å²) in [5.74, 6) is -0.191. The Kier molecular flexibility index (Phi) is 22.3. The van der Waals surface area contributed by atoms with Crippen molar-refractivity contribution in [1.29, 1.82) is 0 Å². The Morgan fingerprint density at radius 2 is 0.821 bits per heavy atom. The van der Waals surface area contributed by atoms with Gasteiger partial charge in [0.05, 0.1) is 0 Å². The number of hydrogen-bond donors (Lipinski definition) is 1. The van der Waals surface area contributed by atoms with Gasteiger partial charge in [-0.2, -0.15) is 0 Å². The van der Waals surface area contributed by atoms with Gasteiger partial charge < -0.3 is 5.11 Å². The normalized spacial score (nSPS) is 12.4. The lowest BCUT2D eigenvalue weighted by molar-refractivity contribution is -0.138. The molecule has 0 bridgehead atoms. The van der Waals surface area contributed by atoms with Crippen LogP contribution in [-0.4, -0.2) is 11.1 Å². The van der Waals surface area contributed by atoms with Gasteiger partial charge in [-0.05, 0) is 18.8 Å². The Labute approximate surface area is 177 Å². The Morgan fingerprint density at radius 1 is 0.536 bits per heavy atom. The first-order chi connectivity index (χ1) is 13.7. The zero-order chi connectivity index (χ0) is 20.7. The molecule has 0 amide bonds. The predicted molar refractivity (Wildman–Crippen MR) is 124 cm³/mol. The van der Waals surface area contributed by atoms with Crippen LogP contribution in [0.3, 0.4) is 0 Å². The molecule has 28 heavy (non-hydrogen) atoms. The summed E-state index contributed by atoms with van der Waals surface area (Å²) in [6.07, 6.45) is 28.3. The highest BCUT2D eigenvalue weighted by Gasteiger charge is 2.12. The average molecular weight is 397 g/mol. The molecule has 0 aromatic carbocycles. The molecule has 0 saturated heterocycles. The van der Waals surface area contributed by atoms with Crippen molar-refractivity contribution in [3.63, 3.8) is 0 Å². The third-order valence-corrected chi connectivity index (χ3v) is 6.15. The summed E-state index contributed by atoms with van der Waals surface area (Å²) < 4.78 is 0. The van der Waals surface area contributed by atoms with E-state index in [9.17, 15) is 9.90 Å². The topological polar surface area (TPSA) is 37.3 Å². The molecule has 0 heterocycles. The van der Waals surface area contributed by atoms with E-state index >= 15 is 0 Å². The fraction of sp³-hybridized carbons (Fsp3) is 0.962. The van der Waals surface area contributed by atoms with Crippen LogP contribution in [0.5, 0.6) is 0 Å². The van der Waals surface area contributed by atoms with Crippen LogP contribution in [0.4, 0.5) is 0 Å². The second-order valence-corrected chi connectivity index (χ2v) is 9.05. The molecule has 0 aliphatic carbocycles. The fourth-order valence-corrected chi connectivity index (χ4v) is 4.26. The van der Waals surface area contributed by atoms with E-state index in [2.05, 4.69) is 13.8 Å². The summed E-state index contributed by atoms with van der Waals surface area (Å²) in [5, 5.41) is 9.19. The molecule has 0 aliphatic rings. The van der Waals surface area contributed by atoms with Crippen molar-refractivity contribution >= 4 is 5.97 Å². The van der Waals surface area contributed by atoms with Crippen LogP contribution in [0, 0.1) is 5.92 Å². The molecule has 0 radical (unpaired) electrons. The predicted octanol–water partition coefficient (Wildman–Crippen LogP) is 9.31. The van der Waals surface area contributed by atoms with Gasteiger partial charge in [0, 0.05) is 6.42 Å². The van der Waals surface area contributed by atoms with Crippen molar-refractivity contribution in [2.24, 2.45) is 5.92 Å². The average Bonchev–Trinajstić information content (AvgIpc) is 2.67. The maximum absolute atomic E-state index is 11.2. The van der Waals surface area contributed by atoms with E-state index in [-0.39, 0.29) is 0 Å². The second-order valence-electron chi connectivity index (χ2n) is 9.05. The minimum atomic E-state index is -0.604. The SMILES string of the molecule is CCCCCCCCCCCC[C@H](CCCCCCCCCCC)CC(=O)O. The van der Waals surface area contributed by atoms with Crippen molar-refractivity contribution < 1.29 is 9.90 Å². The molecule has 0 spiro atoms. The summed E-state index contributed by atoms with van der Waals surface area (Å²) in [5.41, 5.74) is 0. The number of aliphatic carboxylic acids is 1. The van der Waals surface area contributed by atoms with Gasteiger partial charge in [-0.25, -0.2) is 0 Å². The van der Waals surface area contributed by atoms with E-state index < -0.39 is 5.97 Å². The highest BCUT2D eigenvalue weighted by molar-refractivity contribution is 5.66. The maximum atomic E-state index is 11.2. The molecule has 0 fully saturated rings. The molecule has 168 valence electrons. The lowest BCUT2D eigenvalue weighted by atomic mass is 9.91. The molecule has 0 aliphatic heterocycles. The number of carbonyl (C=O) groups is 1. The van der Waals surface area contributed by atoms with E-state index in [1.54, 1.807) is 0 Å². The lowest BCUT2D eigenvalue weighted by Gasteiger charge is -2.14. The van der Waals surface area contributed by atoms with Crippen LogP contribution >= 0.6 is 0 Å². The monoisotopic (exact) mass is 396 g/mol. The van der Waals surface area contributed by atoms with Gasteiger partial charge in [-0.15, -0.1) is 0 Å². The van der Waals surface area contributed by atoms with E-state index in [0.717, 1.165) is 12.8 Å². The van der Waals surface area contributed by atoms with Crippen molar-refractivity contribution in [2.45, 2.75) is 155 Å². The molecule has 2 heteroatoms. The molecule has 0 saturated carbocycles. The Balaban J connectivity index is 3.57. The maximum Gasteiger partial charge on any atom is 0.303 e. The number of carboxylic acids is 1. The lowest BCUT2D eigenvalue weighted by Crippen LogP contribution is -2.08. The minimum absolute atomic E-state index is 0.383. The van der Waals surface area contributed by atoms with Crippen molar-refractivity contribution in [3.05, 3.63) is 0 Å². The molecular formula is C26H52O2. The van der Waals surface area contributed by atoms with Crippen LogP contribution in [0.15, 0.2) is 0 Å². The van der Waals surface area contributed by atoms with E-state index in [1.807, 2.05) is 0 Å². The third kappa shape index (κ3) is 21.8. The number of carboxylic acid groups (broad SMARTS) is 1. The van der Waals surface area contributed by atoms with Crippen LogP contribution in [0.2, 0.25) is 0 Å². The molecule has 1 atom stereocenters. The summed E-state index contributed by atoms with van der Waals surface area (Å²) in [7, 11) is 0. The zero-order valence-electron chi connectivity index (χ0n) is 19.5. The van der Waals surface area contributed by atoms with Gasteiger partial charge in [-0.3, -0.25) is 4.79 Å². The number of hydrogen-bond acceptors (Lipinski definition) is 1. The fourth-order valence-electron chi connectivity index (χ4n) is 4.26. The molecule has 0 rings (SSSR count). The third-order valence-electron chi connectivity index (χ3n) is 6.15. The first-order valence-electron chi connectivity index (χ1n) is 12.9. The van der Waals surface area contributed by atoms with Gasteiger partial charge >= 0.3 is 5.97 Å². The van der Waals surface area contributed by atoms with Gasteiger partial charge in [0.15, 0.2) is 0 Å². The summed E-state index contributed by atoms with van der Waals surface area (Å²) in [6, 6.07) is 0. The van der Waals surface area contributed by atoms with E-state index in [1.165, 1.54) is 122 Å². The standard InChI is InChI=1S/C26H52O2/c1-3-5-7-9-11-13-15-17-19-21-23-25(24-26(27)28)22-20-18-16-14-12-10-8-6-4-2/h25H,3-24H2,1-2H3,(H,27,28)/t25-/m0/s1. The first kappa shape index (κ1) is 27.5. The van der Waals surface area contributed by atoms with Gasteiger partial charge in [-0.1, -0.05) is 136 Å². The van der Waals surface area contributed by atoms with Crippen molar-refractivity contribution in [2.75, 3.05) is 0 Å². The van der Waals surface area contributed by atoms with Crippen molar-refractivity contribution in [3.8, 4) is 0 Å². The van der Waals surface area contributed by atoms with Gasteiger partial charge in [0.1, 0.15) is 0 Å². The van der Waals surface area contributed by atoms with E-state index in [0.29, 0.717) is 12.3 Å². The van der Waals surface area contributed by atoms with E-state index in [4.69, 9.17) is 0 Å². The van der Waals surface area contributed by atoms with Gasteiger partial charge in [0.25, 0.3) is 0 Å². The molecule has 0 unspecified atom stereocenters. The molecule has 1 N–H and O–H groups in total. The quantitative estimate of drug-likeness (QED) is 0.175. The second kappa shape index (κ2) is 22.8. The largest absolute Gasteiger partial charge is 0.481 e. The molecule has 2 nitrogen and oxygen atoms in total. The smallest absolute Gasteiger partial charge is 0.303 e. The van der Waals surface area contributed by atoms with Crippen LogP contribution in [0.25, 0.3) is 0 Å². The van der Waals surface area contributed by atoms with Gasteiger partial charge in [0.2, 0.25) is 0 Å². The zero-order valence-corrected chi connectivity index (χ0v) is 19.5.